The van der Waals surface area contributed by atoms with E-state index in [0.29, 0.717) is 35.4 Å². The number of nitrogens with one attached hydrogen (secondary N) is 1. The zero-order valence-corrected chi connectivity index (χ0v) is 17.2. The number of rotatable bonds is 9. The first kappa shape index (κ1) is 21.0. The number of benzene rings is 2. The van der Waals surface area contributed by atoms with E-state index in [1.165, 1.54) is 11.3 Å². The third-order valence-electron chi connectivity index (χ3n) is 3.97. The molecule has 0 amide bonds. The van der Waals surface area contributed by atoms with Gasteiger partial charge in [0.1, 0.15) is 12.4 Å². The summed E-state index contributed by atoms with van der Waals surface area (Å²) in [5.74, 6) is 0.410. The van der Waals surface area contributed by atoms with Gasteiger partial charge >= 0.3 is 5.97 Å². The molecule has 3 rings (SSSR count). The monoisotopic (exact) mass is 420 g/mol. The van der Waals surface area contributed by atoms with Crippen molar-refractivity contribution < 1.29 is 14.3 Å². The van der Waals surface area contributed by atoms with Gasteiger partial charge < -0.3 is 9.47 Å². The molecule has 0 aliphatic heterocycles. The van der Waals surface area contributed by atoms with Gasteiger partial charge in [0.2, 0.25) is 5.13 Å². The standard InChI is InChI=1S/C22H20N4O3S/c1-2-28-21(27)11-19-15-30-22(25-19)26-24-13-16-7-9-20(10-8-16)29-14-18-6-4-3-5-17(18)12-23/h3-10,13,15H,2,11,14H2,1H3,(H,25,26). The van der Waals surface area contributed by atoms with Crippen LogP contribution in [0.3, 0.4) is 0 Å². The van der Waals surface area contributed by atoms with Gasteiger partial charge in [-0.1, -0.05) is 18.2 Å². The first-order chi connectivity index (χ1) is 14.7. The van der Waals surface area contributed by atoms with Crippen molar-refractivity contribution in [2.75, 3.05) is 12.0 Å². The minimum Gasteiger partial charge on any atom is -0.489 e. The first-order valence-corrected chi connectivity index (χ1v) is 10.2. The van der Waals surface area contributed by atoms with Crippen molar-refractivity contribution in [1.82, 2.24) is 4.98 Å². The van der Waals surface area contributed by atoms with Crippen LogP contribution in [0.1, 0.15) is 29.3 Å². The Hall–Kier alpha value is -3.70. The molecule has 2 aromatic carbocycles. The van der Waals surface area contributed by atoms with Gasteiger partial charge in [-0.05, 0) is 42.8 Å². The Morgan fingerprint density at radius 3 is 2.83 bits per heavy atom. The fraction of sp³-hybridized carbons (Fsp3) is 0.182. The third kappa shape index (κ3) is 6.15. The molecule has 0 spiro atoms. The quantitative estimate of drug-likeness (QED) is 0.317. The third-order valence-corrected chi connectivity index (χ3v) is 4.76. The number of nitriles is 1. The highest BCUT2D eigenvalue weighted by Gasteiger charge is 2.08. The highest BCUT2D eigenvalue weighted by Crippen LogP contribution is 2.17. The number of carbonyl (C=O) groups is 1. The van der Waals surface area contributed by atoms with Crippen LogP contribution >= 0.6 is 11.3 Å². The molecule has 0 aliphatic carbocycles. The second-order valence-corrected chi connectivity index (χ2v) is 6.98. The summed E-state index contributed by atoms with van der Waals surface area (Å²) in [4.78, 5) is 15.8. The van der Waals surface area contributed by atoms with Gasteiger partial charge in [-0.25, -0.2) is 4.98 Å². The molecule has 7 nitrogen and oxygen atoms in total. The van der Waals surface area contributed by atoms with Gasteiger partial charge in [-0.15, -0.1) is 11.3 Å². The van der Waals surface area contributed by atoms with Crippen LogP contribution in [-0.4, -0.2) is 23.8 Å². The van der Waals surface area contributed by atoms with E-state index in [0.717, 1.165) is 11.1 Å². The van der Waals surface area contributed by atoms with E-state index in [-0.39, 0.29) is 12.4 Å². The van der Waals surface area contributed by atoms with E-state index in [2.05, 4.69) is 21.6 Å². The molecule has 0 radical (unpaired) electrons. The molecule has 1 aromatic heterocycles. The molecule has 0 bridgehead atoms. The summed E-state index contributed by atoms with van der Waals surface area (Å²) in [5, 5.41) is 15.7. The van der Waals surface area contributed by atoms with Crippen molar-refractivity contribution in [3.05, 3.63) is 76.3 Å². The Morgan fingerprint density at radius 1 is 1.27 bits per heavy atom. The molecular formula is C22H20N4O3S. The number of nitrogens with zero attached hydrogens (tertiary/aromatic N) is 3. The zero-order valence-electron chi connectivity index (χ0n) is 16.4. The molecule has 30 heavy (non-hydrogen) atoms. The van der Waals surface area contributed by atoms with Crippen LogP contribution in [0.5, 0.6) is 5.75 Å². The maximum atomic E-state index is 11.5. The number of thiazole rings is 1. The van der Waals surface area contributed by atoms with Crippen molar-refractivity contribution >= 4 is 28.7 Å². The summed E-state index contributed by atoms with van der Waals surface area (Å²) in [6.07, 6.45) is 1.82. The fourth-order valence-corrected chi connectivity index (χ4v) is 3.19. The Balaban J connectivity index is 1.49. The van der Waals surface area contributed by atoms with E-state index >= 15 is 0 Å². The van der Waals surface area contributed by atoms with Crippen LogP contribution in [0, 0.1) is 11.3 Å². The number of hydrazone groups is 1. The predicted molar refractivity (Wildman–Crippen MR) is 116 cm³/mol. The lowest BCUT2D eigenvalue weighted by Crippen LogP contribution is -2.07. The van der Waals surface area contributed by atoms with Gasteiger partial charge in [0.25, 0.3) is 0 Å². The Labute approximate surface area is 178 Å². The lowest BCUT2D eigenvalue weighted by atomic mass is 10.1. The largest absolute Gasteiger partial charge is 0.489 e. The number of aromatic nitrogens is 1. The van der Waals surface area contributed by atoms with Crippen LogP contribution in [0.4, 0.5) is 5.13 Å². The van der Waals surface area contributed by atoms with Crippen LogP contribution in [0.25, 0.3) is 0 Å². The highest BCUT2D eigenvalue weighted by molar-refractivity contribution is 7.13. The van der Waals surface area contributed by atoms with Crippen molar-refractivity contribution in [2.45, 2.75) is 20.0 Å². The molecule has 0 aliphatic rings. The summed E-state index contributed by atoms with van der Waals surface area (Å²) in [6.45, 7) is 2.46. The molecule has 1 N–H and O–H groups in total. The van der Waals surface area contributed by atoms with E-state index in [4.69, 9.17) is 14.7 Å². The predicted octanol–water partition coefficient (Wildman–Crippen LogP) is 4.15. The molecule has 1 heterocycles. The lowest BCUT2D eigenvalue weighted by molar-refractivity contribution is -0.142. The summed E-state index contributed by atoms with van der Waals surface area (Å²) in [7, 11) is 0. The van der Waals surface area contributed by atoms with Gasteiger partial charge in [0.05, 0.1) is 36.6 Å². The minimum atomic E-state index is -0.295. The molecule has 8 heteroatoms. The SMILES string of the molecule is CCOC(=O)Cc1csc(NN=Cc2ccc(OCc3ccccc3C#N)cc2)n1. The molecule has 0 saturated heterocycles. The van der Waals surface area contributed by atoms with E-state index in [1.807, 2.05) is 42.5 Å². The number of ether oxygens (including phenoxy) is 2. The average molecular weight is 420 g/mol. The van der Waals surface area contributed by atoms with Gasteiger partial charge in [-0.3, -0.25) is 10.2 Å². The Bertz CT molecular complexity index is 1050. The number of hydrogen-bond donors (Lipinski definition) is 1. The van der Waals surface area contributed by atoms with Crippen molar-refractivity contribution in [1.29, 1.82) is 5.26 Å². The highest BCUT2D eigenvalue weighted by atomic mass is 32.1. The molecule has 152 valence electrons. The summed E-state index contributed by atoms with van der Waals surface area (Å²) < 4.78 is 10.7. The number of hydrogen-bond acceptors (Lipinski definition) is 8. The molecule has 0 fully saturated rings. The second-order valence-electron chi connectivity index (χ2n) is 6.12. The lowest BCUT2D eigenvalue weighted by Gasteiger charge is -2.07. The van der Waals surface area contributed by atoms with Gasteiger partial charge in [0, 0.05) is 10.9 Å². The van der Waals surface area contributed by atoms with E-state index in [9.17, 15) is 4.79 Å². The molecular weight excluding hydrogens is 400 g/mol. The smallest absolute Gasteiger partial charge is 0.311 e. The van der Waals surface area contributed by atoms with Crippen molar-refractivity contribution in [3.63, 3.8) is 0 Å². The second kappa shape index (κ2) is 10.7. The van der Waals surface area contributed by atoms with Crippen LogP contribution in [0.15, 0.2) is 59.0 Å². The van der Waals surface area contributed by atoms with Gasteiger partial charge in [0.15, 0.2) is 0 Å². The Morgan fingerprint density at radius 2 is 2.07 bits per heavy atom. The van der Waals surface area contributed by atoms with Crippen molar-refractivity contribution in [2.24, 2.45) is 5.10 Å². The average Bonchev–Trinajstić information content (AvgIpc) is 3.20. The summed E-state index contributed by atoms with van der Waals surface area (Å²) in [5.41, 5.74) is 5.85. The summed E-state index contributed by atoms with van der Waals surface area (Å²) >= 11 is 1.37. The number of carbonyl (C=O) groups excluding carboxylic acids is 1. The summed E-state index contributed by atoms with van der Waals surface area (Å²) in [6, 6.07) is 17.0. The maximum absolute atomic E-state index is 11.5. The van der Waals surface area contributed by atoms with Crippen LogP contribution in [-0.2, 0) is 22.6 Å². The maximum Gasteiger partial charge on any atom is 0.311 e. The normalized spacial score (nSPS) is 10.5. The topological polar surface area (TPSA) is 96.6 Å². The van der Waals surface area contributed by atoms with Crippen molar-refractivity contribution in [3.8, 4) is 11.8 Å². The molecule has 0 unspecified atom stereocenters. The van der Waals surface area contributed by atoms with Crippen LogP contribution < -0.4 is 10.2 Å². The zero-order chi connectivity index (χ0) is 21.2. The Kier molecular flexibility index (Phi) is 7.52. The van der Waals surface area contributed by atoms with Crippen LogP contribution in [0.2, 0.25) is 0 Å². The number of anilines is 1. The molecule has 0 saturated carbocycles. The van der Waals surface area contributed by atoms with E-state index < -0.39 is 0 Å². The molecule has 0 atom stereocenters. The fourth-order valence-electron chi connectivity index (χ4n) is 2.53. The minimum absolute atomic E-state index is 0.149. The van der Waals surface area contributed by atoms with Gasteiger partial charge in [-0.2, -0.15) is 10.4 Å². The number of esters is 1. The molecule has 3 aromatic rings. The van der Waals surface area contributed by atoms with E-state index in [1.54, 1.807) is 24.6 Å². The first-order valence-electron chi connectivity index (χ1n) is 9.28.